The van der Waals surface area contributed by atoms with Crippen LogP contribution in [0.2, 0.25) is 54.4 Å². The van der Waals surface area contributed by atoms with Crippen LogP contribution < -0.4 is 5.73 Å². The Morgan fingerprint density at radius 3 is 1.94 bits per heavy atom. The van der Waals surface area contributed by atoms with Crippen LogP contribution >= 0.6 is 0 Å². The van der Waals surface area contributed by atoms with Gasteiger partial charge in [-0.25, -0.2) is 14.5 Å². The number of aromatic carboxylic acids is 1. The average Bonchev–Trinajstić information content (AvgIpc) is 3.64. The molecule has 268 valence electrons. The molecule has 1 fully saturated rings. The van der Waals surface area contributed by atoms with Crippen LogP contribution in [-0.4, -0.2) is 90.2 Å². The number of hydrogen-bond acceptors (Lipinski definition) is 10. The topological polar surface area (TPSA) is 162 Å². The number of nitrogens with zero attached hydrogens (tertiary/aromatic N) is 6. The zero-order chi connectivity index (χ0) is 36.4. The summed E-state index contributed by atoms with van der Waals surface area (Å²) in [6.07, 6.45) is 2.16. The van der Waals surface area contributed by atoms with E-state index < -0.39 is 55.5 Å². The predicted octanol–water partition coefficient (Wildman–Crippen LogP) is 6.99. The first-order valence-corrected chi connectivity index (χ1v) is 25.3. The molecule has 4 heterocycles. The first-order valence-electron chi connectivity index (χ1n) is 16.6. The SMILES string of the molecule is CC(C)(C)[Si](C)(C)OC[C@H]1OC(n2cnc3c(N)nc(-n4cc(C(=O)O)cn4)nc32)[C@H](O[Si](C)(C)C(C)(C)C)[C@@H]1O[Si](C)(C)C(C)(C)C. The Balaban J connectivity index is 1.89. The summed E-state index contributed by atoms with van der Waals surface area (Å²) in [4.78, 5) is 25.3. The third-order valence-electron chi connectivity index (χ3n) is 10.9. The number of hydrogen-bond donors (Lipinski definition) is 2. The molecule has 0 amide bonds. The summed E-state index contributed by atoms with van der Waals surface area (Å²) in [5, 5.41) is 13.5. The van der Waals surface area contributed by atoms with Crippen LogP contribution in [0, 0.1) is 0 Å². The molecule has 4 rings (SSSR count). The molecule has 1 saturated heterocycles. The standard InChI is InChI=1S/C32H57N7O6Si3/c1-30(2,3)46(10,11)42-18-21-23(44-47(12,13)31(4,5)6)24(45-48(14,15)32(7,8)9)27(43-21)38-19-34-22-25(33)36-29(37-26(22)38)39-17-20(16-35-39)28(40)41/h16-17,19,21,23-24,27H,18H2,1-15H3,(H,40,41)(H2,33,36,37)/t21-,23-,24-,27?/m1/s1. The molecule has 3 aromatic rings. The highest BCUT2D eigenvalue weighted by atomic mass is 28.4. The van der Waals surface area contributed by atoms with E-state index in [1.54, 1.807) is 6.33 Å². The van der Waals surface area contributed by atoms with E-state index in [1.807, 2.05) is 4.57 Å². The van der Waals surface area contributed by atoms with E-state index in [0.29, 0.717) is 17.8 Å². The summed E-state index contributed by atoms with van der Waals surface area (Å²) in [5.41, 5.74) is 7.21. The zero-order valence-corrected chi connectivity index (χ0v) is 34.5. The highest BCUT2D eigenvalue weighted by Crippen LogP contribution is 2.47. The van der Waals surface area contributed by atoms with Crippen molar-refractivity contribution in [3.05, 3.63) is 24.3 Å². The molecule has 4 atom stereocenters. The van der Waals surface area contributed by atoms with Gasteiger partial charge in [0.25, 0.3) is 5.95 Å². The molecule has 0 radical (unpaired) electrons. The van der Waals surface area contributed by atoms with Gasteiger partial charge in [0.2, 0.25) is 0 Å². The number of fused-ring (bicyclic) bond motifs is 1. The van der Waals surface area contributed by atoms with Crippen molar-refractivity contribution in [3.8, 4) is 5.95 Å². The molecule has 0 saturated carbocycles. The summed E-state index contributed by atoms with van der Waals surface area (Å²) >= 11 is 0. The fraction of sp³-hybridized carbons (Fsp3) is 0.719. The Hall–Kier alpha value is -2.48. The van der Waals surface area contributed by atoms with Gasteiger partial charge in [0.05, 0.1) is 24.7 Å². The van der Waals surface area contributed by atoms with Crippen molar-refractivity contribution in [2.75, 3.05) is 12.3 Å². The summed E-state index contributed by atoms with van der Waals surface area (Å²) in [6, 6.07) is 0. The van der Waals surface area contributed by atoms with Crippen molar-refractivity contribution in [2.24, 2.45) is 0 Å². The van der Waals surface area contributed by atoms with E-state index in [0.717, 1.165) is 0 Å². The molecule has 16 heteroatoms. The van der Waals surface area contributed by atoms with Crippen LogP contribution in [0.15, 0.2) is 18.7 Å². The molecular weight excluding hydrogens is 663 g/mol. The molecule has 0 aliphatic carbocycles. The lowest BCUT2D eigenvalue weighted by Gasteiger charge is -2.44. The van der Waals surface area contributed by atoms with Gasteiger partial charge in [-0.05, 0) is 54.4 Å². The first kappa shape index (κ1) is 38.3. The third kappa shape index (κ3) is 7.49. The largest absolute Gasteiger partial charge is 0.478 e. The first-order chi connectivity index (χ1) is 21.7. The van der Waals surface area contributed by atoms with E-state index in [9.17, 15) is 9.90 Å². The number of anilines is 1. The number of nitrogens with two attached hydrogens (primary N) is 1. The smallest absolute Gasteiger partial charge is 0.338 e. The average molecular weight is 720 g/mol. The molecule has 48 heavy (non-hydrogen) atoms. The Bertz CT molecular complexity index is 1640. The molecule has 1 aliphatic rings. The van der Waals surface area contributed by atoms with Crippen LogP contribution in [0.25, 0.3) is 17.1 Å². The minimum atomic E-state index is -2.39. The molecule has 0 aromatic carbocycles. The number of carboxylic acids is 1. The lowest BCUT2D eigenvalue weighted by Crippen LogP contribution is -2.54. The normalized spacial score (nSPS) is 21.7. The van der Waals surface area contributed by atoms with Gasteiger partial charge in [0.15, 0.2) is 42.6 Å². The monoisotopic (exact) mass is 719 g/mol. The minimum Gasteiger partial charge on any atom is -0.478 e. The number of nitrogen functional groups attached to an aromatic ring is 1. The van der Waals surface area contributed by atoms with Crippen molar-refractivity contribution < 1.29 is 27.9 Å². The van der Waals surface area contributed by atoms with Crippen molar-refractivity contribution >= 4 is 47.9 Å². The number of rotatable bonds is 10. The number of carbonyl (C=O) groups is 1. The van der Waals surface area contributed by atoms with Gasteiger partial charge < -0.3 is 28.9 Å². The van der Waals surface area contributed by atoms with Crippen LogP contribution in [0.3, 0.4) is 0 Å². The van der Waals surface area contributed by atoms with Gasteiger partial charge in [-0.15, -0.1) is 0 Å². The van der Waals surface area contributed by atoms with E-state index in [4.69, 9.17) is 28.7 Å². The second-order valence-electron chi connectivity index (χ2n) is 17.5. The molecular formula is C32H57N7O6Si3. The molecule has 1 aliphatic heterocycles. The number of aromatic nitrogens is 6. The van der Waals surface area contributed by atoms with Gasteiger partial charge >= 0.3 is 5.97 Å². The number of imidazole rings is 1. The molecule has 3 N–H and O–H groups in total. The lowest BCUT2D eigenvalue weighted by atomic mass is 10.1. The van der Waals surface area contributed by atoms with E-state index in [1.165, 1.54) is 17.1 Å². The Kier molecular flexibility index (Phi) is 10.1. The van der Waals surface area contributed by atoms with E-state index >= 15 is 0 Å². The minimum absolute atomic E-state index is 0.00271. The highest BCUT2D eigenvalue weighted by Gasteiger charge is 2.55. The second kappa shape index (κ2) is 12.7. The van der Waals surface area contributed by atoms with Crippen molar-refractivity contribution in [2.45, 2.75) is 141 Å². The zero-order valence-electron chi connectivity index (χ0n) is 31.5. The summed E-state index contributed by atoms with van der Waals surface area (Å²) in [5.74, 6) is -0.863. The fourth-order valence-corrected chi connectivity index (χ4v) is 8.25. The van der Waals surface area contributed by atoms with Crippen LogP contribution in [-0.2, 0) is 18.0 Å². The number of carboxylic acid groups (broad SMARTS) is 1. The van der Waals surface area contributed by atoms with Crippen molar-refractivity contribution in [1.82, 2.24) is 29.3 Å². The molecule has 1 unspecified atom stereocenters. The molecule has 3 aromatic heterocycles. The maximum absolute atomic E-state index is 11.5. The fourth-order valence-electron chi connectivity index (χ4n) is 4.63. The van der Waals surface area contributed by atoms with Crippen LogP contribution in [0.4, 0.5) is 5.82 Å². The quantitative estimate of drug-likeness (QED) is 0.208. The van der Waals surface area contributed by atoms with Gasteiger partial charge in [-0.1, -0.05) is 62.3 Å². The summed E-state index contributed by atoms with van der Waals surface area (Å²) in [6.45, 7) is 33.8. The Morgan fingerprint density at radius 1 is 0.896 bits per heavy atom. The predicted molar refractivity (Wildman–Crippen MR) is 195 cm³/mol. The lowest BCUT2D eigenvalue weighted by molar-refractivity contribution is -0.0470. The third-order valence-corrected chi connectivity index (χ3v) is 24.4. The van der Waals surface area contributed by atoms with Crippen LogP contribution in [0.1, 0.15) is 78.9 Å². The second-order valence-corrected chi connectivity index (χ2v) is 31.9. The van der Waals surface area contributed by atoms with Gasteiger partial charge in [-0.2, -0.15) is 15.1 Å². The molecule has 13 nitrogen and oxygen atoms in total. The van der Waals surface area contributed by atoms with Gasteiger partial charge in [0.1, 0.15) is 23.8 Å². The van der Waals surface area contributed by atoms with E-state index in [-0.39, 0.29) is 32.4 Å². The maximum Gasteiger partial charge on any atom is 0.338 e. The summed E-state index contributed by atoms with van der Waals surface area (Å²) in [7, 11) is -6.89. The Morgan fingerprint density at radius 2 is 1.44 bits per heavy atom. The van der Waals surface area contributed by atoms with Gasteiger partial charge in [-0.3, -0.25) is 4.57 Å². The van der Waals surface area contributed by atoms with E-state index in [2.05, 4.69) is 117 Å². The van der Waals surface area contributed by atoms with Gasteiger partial charge in [0, 0.05) is 6.20 Å². The molecule has 0 spiro atoms. The summed E-state index contributed by atoms with van der Waals surface area (Å²) < 4.78 is 31.5. The number of ether oxygens (including phenoxy) is 1. The highest BCUT2D eigenvalue weighted by molar-refractivity contribution is 6.75. The molecule has 0 bridgehead atoms. The Labute approximate surface area is 288 Å². The van der Waals surface area contributed by atoms with Crippen molar-refractivity contribution in [3.63, 3.8) is 0 Å². The maximum atomic E-state index is 11.5. The van der Waals surface area contributed by atoms with Crippen LogP contribution in [0.5, 0.6) is 0 Å². The van der Waals surface area contributed by atoms with Crippen molar-refractivity contribution in [1.29, 1.82) is 0 Å².